The Balaban J connectivity index is 1.51. The quantitative estimate of drug-likeness (QED) is 0.243. The van der Waals surface area contributed by atoms with Crippen molar-refractivity contribution < 1.29 is 38.3 Å². The van der Waals surface area contributed by atoms with Crippen LogP contribution in [0.25, 0.3) is 0 Å². The first-order valence-corrected chi connectivity index (χ1v) is 16.6. The van der Waals surface area contributed by atoms with E-state index in [-0.39, 0.29) is 23.6 Å². The van der Waals surface area contributed by atoms with Crippen LogP contribution in [0, 0.1) is 0 Å². The van der Waals surface area contributed by atoms with E-state index in [1.165, 1.54) is 23.8 Å². The summed E-state index contributed by atoms with van der Waals surface area (Å²) in [4.78, 5) is 4.68. The molecule has 0 spiro atoms. The maximum absolute atomic E-state index is 11.2. The SMILES string of the molecule is COc1cc2c3cc1Oc1c(OC)c(OC)c(OC)c4c1[C@H](Cc1cc(O)c(OC)c(c1)Oc1ccc(cc1)C[C@@H]3N(C)CC2)N(C)CC4. The summed E-state index contributed by atoms with van der Waals surface area (Å²) < 4.78 is 43.1. The predicted molar refractivity (Wildman–Crippen MR) is 186 cm³/mol. The van der Waals surface area contributed by atoms with E-state index in [2.05, 4.69) is 48.2 Å². The molecule has 4 aliphatic rings. The van der Waals surface area contributed by atoms with Crippen LogP contribution in [-0.4, -0.2) is 77.6 Å². The highest BCUT2D eigenvalue weighted by molar-refractivity contribution is 5.70. The van der Waals surface area contributed by atoms with Gasteiger partial charge in [0.25, 0.3) is 0 Å². The number of methoxy groups -OCH3 is 5. The molecule has 10 nitrogen and oxygen atoms in total. The Morgan fingerprint density at radius 2 is 1.33 bits per heavy atom. The lowest BCUT2D eigenvalue weighted by Gasteiger charge is -2.38. The number of benzene rings is 4. The van der Waals surface area contributed by atoms with E-state index in [0.717, 1.165) is 42.6 Å². The molecule has 0 saturated heterocycles. The Bertz CT molecular complexity index is 1880. The number of ether oxygens (including phenoxy) is 7. The Morgan fingerprint density at radius 3 is 2.02 bits per heavy atom. The maximum atomic E-state index is 11.2. The van der Waals surface area contributed by atoms with Gasteiger partial charge in [0, 0.05) is 36.3 Å². The van der Waals surface area contributed by atoms with E-state index >= 15 is 0 Å². The molecule has 4 heterocycles. The lowest BCUT2D eigenvalue weighted by atomic mass is 9.86. The molecule has 2 atom stereocenters. The van der Waals surface area contributed by atoms with E-state index in [1.54, 1.807) is 34.5 Å². The summed E-state index contributed by atoms with van der Waals surface area (Å²) in [5.41, 5.74) is 6.37. The van der Waals surface area contributed by atoms with Crippen LogP contribution in [0.4, 0.5) is 0 Å². The summed E-state index contributed by atoms with van der Waals surface area (Å²) >= 11 is 0. The average molecular weight is 669 g/mol. The monoisotopic (exact) mass is 668 g/mol. The first-order valence-electron chi connectivity index (χ1n) is 16.6. The molecule has 1 N–H and O–H groups in total. The minimum Gasteiger partial charge on any atom is -0.504 e. The molecular formula is C39H44N2O8. The zero-order valence-electron chi connectivity index (χ0n) is 29.2. The molecule has 258 valence electrons. The summed E-state index contributed by atoms with van der Waals surface area (Å²) in [5.74, 6) is 4.66. The third-order valence-electron chi connectivity index (χ3n) is 10.2. The molecule has 0 aromatic heterocycles. The number of hydrogen-bond acceptors (Lipinski definition) is 10. The molecule has 0 saturated carbocycles. The normalized spacial score (nSPS) is 18.7. The van der Waals surface area contributed by atoms with Crippen molar-refractivity contribution in [2.75, 3.05) is 62.7 Å². The second kappa shape index (κ2) is 13.2. The summed E-state index contributed by atoms with van der Waals surface area (Å²) in [7, 11) is 12.3. The minimum absolute atomic E-state index is 0.00114. The third-order valence-corrected chi connectivity index (χ3v) is 10.2. The minimum atomic E-state index is -0.200. The maximum Gasteiger partial charge on any atom is 0.208 e. The van der Waals surface area contributed by atoms with Gasteiger partial charge in [0.2, 0.25) is 17.2 Å². The van der Waals surface area contributed by atoms with Gasteiger partial charge in [-0.25, -0.2) is 0 Å². The van der Waals surface area contributed by atoms with Crippen LogP contribution in [0.1, 0.15) is 45.5 Å². The number of fused-ring (bicyclic) bond motifs is 2. The van der Waals surface area contributed by atoms with Gasteiger partial charge in [0.15, 0.2) is 34.5 Å². The summed E-state index contributed by atoms with van der Waals surface area (Å²) in [6.45, 7) is 1.68. The van der Waals surface area contributed by atoms with Crippen LogP contribution < -0.4 is 33.2 Å². The van der Waals surface area contributed by atoms with Crippen molar-refractivity contribution >= 4 is 0 Å². The van der Waals surface area contributed by atoms with Crippen LogP contribution in [0.3, 0.4) is 0 Å². The molecular weight excluding hydrogens is 624 g/mol. The van der Waals surface area contributed by atoms with Gasteiger partial charge in [0.05, 0.1) is 35.5 Å². The second-order valence-electron chi connectivity index (χ2n) is 12.9. The number of nitrogens with zero attached hydrogens (tertiary/aromatic N) is 2. The summed E-state index contributed by atoms with van der Waals surface area (Å²) in [6.07, 6.45) is 2.91. The molecule has 10 heteroatoms. The smallest absolute Gasteiger partial charge is 0.208 e. The summed E-state index contributed by atoms with van der Waals surface area (Å²) in [5, 5.41) is 11.2. The fourth-order valence-corrected chi connectivity index (χ4v) is 7.69. The van der Waals surface area contributed by atoms with E-state index in [1.807, 2.05) is 18.2 Å². The molecule has 49 heavy (non-hydrogen) atoms. The van der Waals surface area contributed by atoms with Gasteiger partial charge in [-0.15, -0.1) is 0 Å². The van der Waals surface area contributed by atoms with Gasteiger partial charge >= 0.3 is 0 Å². The Kier molecular flexibility index (Phi) is 8.85. The second-order valence-corrected chi connectivity index (χ2v) is 12.9. The number of phenols is 1. The Morgan fingerprint density at radius 1 is 0.653 bits per heavy atom. The zero-order valence-corrected chi connectivity index (χ0v) is 29.2. The van der Waals surface area contributed by atoms with Gasteiger partial charge < -0.3 is 38.3 Å². The molecule has 0 unspecified atom stereocenters. The highest BCUT2D eigenvalue weighted by Crippen LogP contribution is 2.56. The Labute approximate surface area is 287 Å². The van der Waals surface area contributed by atoms with E-state index in [0.29, 0.717) is 58.8 Å². The van der Waals surface area contributed by atoms with Gasteiger partial charge in [-0.1, -0.05) is 12.1 Å². The van der Waals surface area contributed by atoms with Crippen molar-refractivity contribution in [3.8, 4) is 57.5 Å². The molecule has 0 aliphatic carbocycles. The molecule has 8 rings (SSSR count). The number of aromatic hydroxyl groups is 1. The van der Waals surface area contributed by atoms with E-state index in [4.69, 9.17) is 33.2 Å². The largest absolute Gasteiger partial charge is 0.504 e. The van der Waals surface area contributed by atoms with Crippen molar-refractivity contribution in [1.29, 1.82) is 0 Å². The van der Waals surface area contributed by atoms with Crippen molar-refractivity contribution in [2.24, 2.45) is 0 Å². The first kappa shape index (κ1) is 32.7. The van der Waals surface area contributed by atoms with Crippen molar-refractivity contribution in [2.45, 2.75) is 37.8 Å². The number of rotatable bonds is 5. The topological polar surface area (TPSA) is 91.3 Å². The highest BCUT2D eigenvalue weighted by Gasteiger charge is 2.38. The lowest BCUT2D eigenvalue weighted by molar-refractivity contribution is 0.215. The van der Waals surface area contributed by atoms with Crippen molar-refractivity contribution in [3.63, 3.8) is 0 Å². The van der Waals surface area contributed by atoms with Gasteiger partial charge in [-0.05, 0) is 98.4 Å². The Hall–Kier alpha value is -4.80. The van der Waals surface area contributed by atoms with Crippen LogP contribution in [0.5, 0.6) is 57.5 Å². The lowest BCUT2D eigenvalue weighted by Crippen LogP contribution is -2.34. The fraction of sp³-hybridized carbons (Fsp3) is 0.385. The van der Waals surface area contributed by atoms with Gasteiger partial charge in [0.1, 0.15) is 5.75 Å². The number of likely N-dealkylation sites (N-methyl/N-ethyl adjacent to an activating group) is 2. The van der Waals surface area contributed by atoms with E-state index < -0.39 is 0 Å². The zero-order chi connectivity index (χ0) is 34.4. The van der Waals surface area contributed by atoms with Crippen molar-refractivity contribution in [1.82, 2.24) is 9.80 Å². The average Bonchev–Trinajstić information content (AvgIpc) is 3.10. The van der Waals surface area contributed by atoms with Gasteiger partial charge in [-0.3, -0.25) is 9.80 Å². The van der Waals surface area contributed by atoms with Gasteiger partial charge in [-0.2, -0.15) is 0 Å². The van der Waals surface area contributed by atoms with Crippen LogP contribution in [-0.2, 0) is 25.7 Å². The molecule has 4 aliphatic heterocycles. The third kappa shape index (κ3) is 5.72. The van der Waals surface area contributed by atoms with Crippen LogP contribution in [0.2, 0.25) is 0 Å². The van der Waals surface area contributed by atoms with Crippen LogP contribution in [0.15, 0.2) is 48.5 Å². The number of hydrogen-bond donors (Lipinski definition) is 1. The number of phenolic OH excluding ortho intramolecular Hbond substituents is 1. The highest BCUT2D eigenvalue weighted by atomic mass is 16.6. The molecule has 0 fully saturated rings. The molecule has 0 amide bonds. The molecule has 4 aromatic carbocycles. The molecule has 4 aromatic rings. The molecule has 6 bridgehead atoms. The van der Waals surface area contributed by atoms with Crippen LogP contribution >= 0.6 is 0 Å². The molecule has 0 radical (unpaired) electrons. The fourth-order valence-electron chi connectivity index (χ4n) is 7.69. The first-order chi connectivity index (χ1) is 23.8. The summed E-state index contributed by atoms with van der Waals surface area (Å²) in [6, 6.07) is 15.9. The van der Waals surface area contributed by atoms with Crippen molar-refractivity contribution in [3.05, 3.63) is 81.9 Å². The predicted octanol–water partition coefficient (Wildman–Crippen LogP) is 6.88. The standard InChI is InChI=1S/C39H44N2O8/c1-40-14-12-24-20-31(43-3)32-21-27(24)28(40)16-22-8-10-25(11-9-22)48-33-19-23(18-30(42)36(33)45-5)17-29-34-26(13-15-41(29)2)35(44-4)38(46-6)39(47-7)37(34)49-32/h8-11,18-21,28-29,42H,12-17H2,1-7H3/t28-,29-/m0/s1. The van der Waals surface area contributed by atoms with E-state index in [9.17, 15) is 5.11 Å².